The van der Waals surface area contributed by atoms with E-state index in [-0.39, 0.29) is 23.4 Å². The smallest absolute Gasteiger partial charge is 0.312 e. The lowest BCUT2D eigenvalue weighted by Gasteiger charge is -2.39. The summed E-state index contributed by atoms with van der Waals surface area (Å²) in [5.41, 5.74) is 1.13. The van der Waals surface area contributed by atoms with E-state index in [0.29, 0.717) is 6.54 Å². The van der Waals surface area contributed by atoms with Crippen molar-refractivity contribution in [1.29, 1.82) is 0 Å². The molecule has 1 saturated carbocycles. The highest BCUT2D eigenvalue weighted by molar-refractivity contribution is 6.35. The zero-order valence-corrected chi connectivity index (χ0v) is 14.1. The fourth-order valence-corrected chi connectivity index (χ4v) is 4.58. The minimum Gasteiger partial charge on any atom is -0.342 e. The van der Waals surface area contributed by atoms with E-state index in [1.807, 2.05) is 18.2 Å². The molecule has 5 nitrogen and oxygen atoms in total. The molecule has 2 unspecified atom stereocenters. The fourth-order valence-electron chi connectivity index (χ4n) is 4.58. The normalized spacial score (nSPS) is 28.5. The molecular formula is C18H25N3O2. The van der Waals surface area contributed by atoms with Gasteiger partial charge in [-0.25, -0.2) is 0 Å². The Kier molecular flexibility index (Phi) is 3.90. The highest BCUT2D eigenvalue weighted by Gasteiger charge is 2.51. The molecular weight excluding hydrogens is 290 g/mol. The Bertz CT molecular complexity index is 614. The number of fused-ring (bicyclic) bond motifs is 2. The average Bonchev–Trinajstić information content (AvgIpc) is 2.74. The standard InChI is InChI=1S/C18H25N3O2/c1-17(2)8-14-9-18(3,11-17)12-21(14)16(23)15(22)20-10-13-6-4-5-7-19-13/h4-7,14H,8-12H2,1-3H3,(H,20,22). The van der Waals surface area contributed by atoms with E-state index in [2.05, 4.69) is 31.1 Å². The second kappa shape index (κ2) is 5.62. The molecule has 1 aliphatic carbocycles. The number of aromatic nitrogens is 1. The van der Waals surface area contributed by atoms with E-state index in [1.54, 1.807) is 11.1 Å². The Morgan fingerprint density at radius 3 is 2.78 bits per heavy atom. The van der Waals surface area contributed by atoms with Crippen LogP contribution in [0.2, 0.25) is 0 Å². The van der Waals surface area contributed by atoms with Gasteiger partial charge >= 0.3 is 11.8 Å². The van der Waals surface area contributed by atoms with Crippen LogP contribution >= 0.6 is 0 Å². The summed E-state index contributed by atoms with van der Waals surface area (Å²) in [6, 6.07) is 5.71. The number of carbonyl (C=O) groups is 2. The summed E-state index contributed by atoms with van der Waals surface area (Å²) in [6.07, 6.45) is 4.77. The van der Waals surface area contributed by atoms with Crippen LogP contribution in [0.3, 0.4) is 0 Å². The van der Waals surface area contributed by atoms with Crippen LogP contribution in [0.15, 0.2) is 24.4 Å². The van der Waals surface area contributed by atoms with Crippen LogP contribution in [-0.2, 0) is 16.1 Å². The molecule has 1 saturated heterocycles. The van der Waals surface area contributed by atoms with Gasteiger partial charge < -0.3 is 10.2 Å². The molecule has 1 aliphatic heterocycles. The van der Waals surface area contributed by atoms with E-state index in [9.17, 15) is 9.59 Å². The molecule has 2 amide bonds. The van der Waals surface area contributed by atoms with Crippen molar-refractivity contribution in [3.05, 3.63) is 30.1 Å². The van der Waals surface area contributed by atoms with Gasteiger partial charge in [0.05, 0.1) is 12.2 Å². The quantitative estimate of drug-likeness (QED) is 0.850. The second-order valence-corrected chi connectivity index (χ2v) is 8.15. The molecule has 23 heavy (non-hydrogen) atoms. The molecule has 0 radical (unpaired) electrons. The molecule has 0 aromatic carbocycles. The SMILES string of the molecule is CC1(C)CC2CC(C)(CN2C(=O)C(=O)NCc2ccccn2)C1. The maximum atomic E-state index is 12.6. The van der Waals surface area contributed by atoms with Gasteiger partial charge in [-0.3, -0.25) is 14.6 Å². The average molecular weight is 315 g/mol. The lowest BCUT2D eigenvalue weighted by molar-refractivity contribution is -0.146. The van der Waals surface area contributed by atoms with Crippen LogP contribution in [0.25, 0.3) is 0 Å². The third kappa shape index (κ3) is 3.38. The van der Waals surface area contributed by atoms with Crippen LogP contribution < -0.4 is 5.32 Å². The van der Waals surface area contributed by atoms with Crippen molar-refractivity contribution in [1.82, 2.24) is 15.2 Å². The van der Waals surface area contributed by atoms with Crippen LogP contribution in [0.5, 0.6) is 0 Å². The van der Waals surface area contributed by atoms with Crippen molar-refractivity contribution in [2.75, 3.05) is 6.54 Å². The number of hydrogen-bond acceptors (Lipinski definition) is 3. The zero-order chi connectivity index (χ0) is 16.7. The molecule has 5 heteroatoms. The molecule has 1 aromatic rings. The Labute approximate surface area is 137 Å². The Balaban J connectivity index is 1.63. The molecule has 2 heterocycles. The summed E-state index contributed by atoms with van der Waals surface area (Å²) in [5, 5.41) is 2.70. The molecule has 2 fully saturated rings. The van der Waals surface area contributed by atoms with Crippen LogP contribution in [-0.4, -0.2) is 34.3 Å². The lowest BCUT2D eigenvalue weighted by Crippen LogP contribution is -2.45. The van der Waals surface area contributed by atoms with Gasteiger partial charge in [0.2, 0.25) is 0 Å². The molecule has 1 N–H and O–H groups in total. The molecule has 2 aliphatic rings. The summed E-state index contributed by atoms with van der Waals surface area (Å²) in [7, 11) is 0. The van der Waals surface area contributed by atoms with Gasteiger partial charge in [0.25, 0.3) is 0 Å². The summed E-state index contributed by atoms with van der Waals surface area (Å²) < 4.78 is 0. The minimum absolute atomic E-state index is 0.142. The highest BCUT2D eigenvalue weighted by Crippen LogP contribution is 2.52. The van der Waals surface area contributed by atoms with E-state index in [0.717, 1.165) is 25.0 Å². The first-order valence-electron chi connectivity index (χ1n) is 8.27. The van der Waals surface area contributed by atoms with Crippen molar-refractivity contribution in [2.24, 2.45) is 10.8 Å². The number of pyridine rings is 1. The number of rotatable bonds is 2. The van der Waals surface area contributed by atoms with Gasteiger partial charge in [-0.2, -0.15) is 0 Å². The minimum atomic E-state index is -0.524. The second-order valence-electron chi connectivity index (χ2n) is 8.15. The molecule has 124 valence electrons. The lowest BCUT2D eigenvalue weighted by atomic mass is 9.65. The first-order valence-corrected chi connectivity index (χ1v) is 8.27. The maximum absolute atomic E-state index is 12.6. The summed E-state index contributed by atoms with van der Waals surface area (Å²) in [6.45, 7) is 7.72. The number of nitrogens with one attached hydrogen (secondary N) is 1. The van der Waals surface area contributed by atoms with Gasteiger partial charge in [-0.1, -0.05) is 26.8 Å². The van der Waals surface area contributed by atoms with Gasteiger partial charge in [0.15, 0.2) is 0 Å². The van der Waals surface area contributed by atoms with Gasteiger partial charge in [0, 0.05) is 18.8 Å². The predicted octanol–water partition coefficient (Wildman–Crippen LogP) is 2.12. The van der Waals surface area contributed by atoms with Crippen molar-refractivity contribution in [2.45, 2.75) is 52.6 Å². The summed E-state index contributed by atoms with van der Waals surface area (Å²) >= 11 is 0. The monoisotopic (exact) mass is 315 g/mol. The number of hydrogen-bond donors (Lipinski definition) is 1. The van der Waals surface area contributed by atoms with E-state index < -0.39 is 11.8 Å². The third-order valence-corrected chi connectivity index (χ3v) is 5.03. The molecule has 0 spiro atoms. The highest BCUT2D eigenvalue weighted by atomic mass is 16.2. The number of amides is 2. The Hall–Kier alpha value is -1.91. The Morgan fingerprint density at radius 2 is 2.09 bits per heavy atom. The number of nitrogens with zero attached hydrogens (tertiary/aromatic N) is 2. The van der Waals surface area contributed by atoms with Gasteiger partial charge in [-0.15, -0.1) is 0 Å². The number of carbonyl (C=O) groups excluding carboxylic acids is 2. The van der Waals surface area contributed by atoms with Crippen LogP contribution in [0, 0.1) is 10.8 Å². The van der Waals surface area contributed by atoms with Crippen molar-refractivity contribution < 1.29 is 9.59 Å². The van der Waals surface area contributed by atoms with Crippen LogP contribution in [0.1, 0.15) is 45.7 Å². The fraction of sp³-hybridized carbons (Fsp3) is 0.611. The van der Waals surface area contributed by atoms with E-state index in [1.165, 1.54) is 0 Å². The first kappa shape index (κ1) is 16.0. The molecule has 3 rings (SSSR count). The van der Waals surface area contributed by atoms with E-state index in [4.69, 9.17) is 0 Å². The van der Waals surface area contributed by atoms with Gasteiger partial charge in [-0.05, 0) is 42.2 Å². The van der Waals surface area contributed by atoms with Crippen molar-refractivity contribution >= 4 is 11.8 Å². The molecule has 1 aromatic heterocycles. The van der Waals surface area contributed by atoms with Crippen LogP contribution in [0.4, 0.5) is 0 Å². The molecule has 2 bridgehead atoms. The topological polar surface area (TPSA) is 62.3 Å². The van der Waals surface area contributed by atoms with Gasteiger partial charge in [0.1, 0.15) is 0 Å². The first-order chi connectivity index (χ1) is 10.8. The summed E-state index contributed by atoms with van der Waals surface area (Å²) in [4.78, 5) is 30.7. The largest absolute Gasteiger partial charge is 0.342 e. The Morgan fingerprint density at radius 1 is 1.30 bits per heavy atom. The number of likely N-dealkylation sites (tertiary alicyclic amines) is 1. The third-order valence-electron chi connectivity index (χ3n) is 5.03. The van der Waals surface area contributed by atoms with E-state index >= 15 is 0 Å². The maximum Gasteiger partial charge on any atom is 0.312 e. The predicted molar refractivity (Wildman–Crippen MR) is 87.3 cm³/mol. The summed E-state index contributed by atoms with van der Waals surface area (Å²) in [5.74, 6) is -0.919. The zero-order valence-electron chi connectivity index (χ0n) is 14.1. The van der Waals surface area contributed by atoms with Crippen molar-refractivity contribution in [3.8, 4) is 0 Å². The molecule has 2 atom stereocenters. The van der Waals surface area contributed by atoms with Crippen molar-refractivity contribution in [3.63, 3.8) is 0 Å².